The molecule has 0 bridgehead atoms. The van der Waals surface area contributed by atoms with Crippen LogP contribution in [0.3, 0.4) is 0 Å². The number of anilines is 2. The summed E-state index contributed by atoms with van der Waals surface area (Å²) < 4.78 is 0. The lowest BCUT2D eigenvalue weighted by molar-refractivity contribution is -0.129. The van der Waals surface area contributed by atoms with Gasteiger partial charge in [0.1, 0.15) is 11.6 Å². The molecule has 1 aromatic rings. The van der Waals surface area contributed by atoms with Crippen LogP contribution in [0.25, 0.3) is 0 Å². The van der Waals surface area contributed by atoms with Crippen LogP contribution < -0.4 is 10.6 Å². The highest BCUT2D eigenvalue weighted by molar-refractivity contribution is 7.99. The molecular weight excluding hydrogens is 336 g/mol. The van der Waals surface area contributed by atoms with E-state index >= 15 is 0 Å². The number of carbonyl (C=O) groups is 1. The number of likely N-dealkylation sites (N-methyl/N-ethyl adjacent to an activating group) is 1. The number of amides is 1. The Kier molecular flexibility index (Phi) is 7.77. The highest BCUT2D eigenvalue weighted by atomic mass is 32.2. The van der Waals surface area contributed by atoms with Crippen molar-refractivity contribution < 1.29 is 4.79 Å². The first-order valence-corrected chi connectivity index (χ1v) is 9.93. The first kappa shape index (κ1) is 19.8. The maximum Gasteiger partial charge on any atom is 0.236 e. The Morgan fingerprint density at radius 1 is 1.28 bits per heavy atom. The third kappa shape index (κ3) is 6.36. The summed E-state index contributed by atoms with van der Waals surface area (Å²) >= 11 is 1.67. The van der Waals surface area contributed by atoms with Gasteiger partial charge in [-0.15, -0.1) is 0 Å². The second kappa shape index (κ2) is 9.82. The van der Waals surface area contributed by atoms with Crippen molar-refractivity contribution in [2.24, 2.45) is 0 Å². The van der Waals surface area contributed by atoms with E-state index in [9.17, 15) is 4.79 Å². The number of unbranched alkanes of at least 4 members (excludes halogenated alkanes) is 1. The lowest BCUT2D eigenvalue weighted by atomic mass is 10.3. The van der Waals surface area contributed by atoms with Gasteiger partial charge >= 0.3 is 0 Å². The topological polar surface area (TPSA) is 78.6 Å². The zero-order valence-corrected chi connectivity index (χ0v) is 16.4. The molecule has 2 rings (SSSR count). The van der Waals surface area contributed by atoms with E-state index in [2.05, 4.69) is 26.7 Å². The van der Waals surface area contributed by atoms with Gasteiger partial charge in [0, 0.05) is 52.1 Å². The minimum atomic E-state index is 0.148. The van der Waals surface area contributed by atoms with Crippen LogP contribution in [-0.2, 0) is 4.79 Å². The minimum absolute atomic E-state index is 0.148. The third-order valence-electron chi connectivity index (χ3n) is 4.21. The number of nitrogens with two attached hydrogens (primary N) is 1. The maximum absolute atomic E-state index is 11.9. The molecule has 1 aliphatic rings. The summed E-state index contributed by atoms with van der Waals surface area (Å²) in [6.07, 6.45) is 3.31. The second-order valence-corrected chi connectivity index (χ2v) is 7.60. The van der Waals surface area contributed by atoms with Crippen LogP contribution in [-0.4, -0.2) is 78.2 Å². The molecular formula is C17H30N6OS. The SMILES string of the molecule is CCCCSc1nc(N)cc(N2CCCN(CC(=O)N(C)C)CC2)n1. The van der Waals surface area contributed by atoms with Gasteiger partial charge in [0.25, 0.3) is 0 Å². The van der Waals surface area contributed by atoms with Gasteiger partial charge in [-0.2, -0.15) is 0 Å². The minimum Gasteiger partial charge on any atom is -0.383 e. The summed E-state index contributed by atoms with van der Waals surface area (Å²) in [5.74, 6) is 2.58. The smallest absolute Gasteiger partial charge is 0.236 e. The monoisotopic (exact) mass is 366 g/mol. The normalized spacial score (nSPS) is 15.9. The maximum atomic E-state index is 11.9. The Bertz CT molecular complexity index is 568. The quantitative estimate of drug-likeness (QED) is 0.445. The molecule has 8 heteroatoms. The van der Waals surface area contributed by atoms with E-state index in [0.29, 0.717) is 12.4 Å². The number of carbonyl (C=O) groups excluding carboxylic acids is 1. The summed E-state index contributed by atoms with van der Waals surface area (Å²) in [4.78, 5) is 27.1. The number of hydrogen-bond donors (Lipinski definition) is 1. The van der Waals surface area contributed by atoms with E-state index in [0.717, 1.165) is 62.2 Å². The van der Waals surface area contributed by atoms with E-state index in [1.807, 2.05) is 6.07 Å². The zero-order valence-electron chi connectivity index (χ0n) is 15.6. The Balaban J connectivity index is 1.98. The molecule has 1 fully saturated rings. The number of nitrogens with zero attached hydrogens (tertiary/aromatic N) is 5. The lowest BCUT2D eigenvalue weighted by Gasteiger charge is -2.23. The van der Waals surface area contributed by atoms with Gasteiger partial charge < -0.3 is 15.5 Å². The van der Waals surface area contributed by atoms with Crippen molar-refractivity contribution in [2.75, 3.05) is 63.2 Å². The van der Waals surface area contributed by atoms with Crippen molar-refractivity contribution >= 4 is 29.3 Å². The average Bonchev–Trinajstić information content (AvgIpc) is 2.80. The van der Waals surface area contributed by atoms with Gasteiger partial charge in [0.2, 0.25) is 5.91 Å². The highest BCUT2D eigenvalue weighted by Crippen LogP contribution is 2.22. The molecule has 0 unspecified atom stereocenters. The molecule has 7 nitrogen and oxygen atoms in total. The Hall–Kier alpha value is -1.54. The zero-order chi connectivity index (χ0) is 18.2. The summed E-state index contributed by atoms with van der Waals surface area (Å²) in [7, 11) is 3.60. The molecule has 2 N–H and O–H groups in total. The number of rotatable bonds is 7. The molecule has 0 spiro atoms. The van der Waals surface area contributed by atoms with E-state index < -0.39 is 0 Å². The Labute approximate surface area is 155 Å². The van der Waals surface area contributed by atoms with Crippen molar-refractivity contribution in [3.63, 3.8) is 0 Å². The van der Waals surface area contributed by atoms with E-state index in [1.165, 1.54) is 0 Å². The molecule has 2 heterocycles. The van der Waals surface area contributed by atoms with E-state index in [1.54, 1.807) is 30.8 Å². The number of nitrogen functional groups attached to an aromatic ring is 1. The van der Waals surface area contributed by atoms with Crippen LogP contribution in [0.15, 0.2) is 11.2 Å². The number of thioether (sulfide) groups is 1. The standard InChI is InChI=1S/C17H30N6OS/c1-4-5-11-25-17-19-14(18)12-15(20-17)23-8-6-7-22(9-10-23)13-16(24)21(2)3/h12H,4-11,13H2,1-3H3,(H2,18,19,20). The number of aromatic nitrogens is 2. The van der Waals surface area contributed by atoms with Crippen LogP contribution in [0.5, 0.6) is 0 Å². The summed E-state index contributed by atoms with van der Waals surface area (Å²) in [6.45, 7) is 6.19. The molecule has 0 aromatic carbocycles. The van der Waals surface area contributed by atoms with Crippen molar-refractivity contribution in [1.29, 1.82) is 0 Å². The molecule has 0 aliphatic carbocycles. The third-order valence-corrected chi connectivity index (χ3v) is 5.14. The van der Waals surface area contributed by atoms with Crippen LogP contribution in [0.4, 0.5) is 11.6 Å². The van der Waals surface area contributed by atoms with Crippen LogP contribution in [0.2, 0.25) is 0 Å². The molecule has 0 radical (unpaired) electrons. The first-order chi connectivity index (χ1) is 12.0. The van der Waals surface area contributed by atoms with Crippen LogP contribution in [0.1, 0.15) is 26.2 Å². The fourth-order valence-corrected chi connectivity index (χ4v) is 3.60. The Morgan fingerprint density at radius 3 is 2.80 bits per heavy atom. The van der Waals surface area contributed by atoms with Crippen molar-refractivity contribution in [2.45, 2.75) is 31.3 Å². The van der Waals surface area contributed by atoms with Gasteiger partial charge in [-0.25, -0.2) is 9.97 Å². The predicted molar refractivity (Wildman–Crippen MR) is 104 cm³/mol. The van der Waals surface area contributed by atoms with E-state index in [-0.39, 0.29) is 5.91 Å². The number of hydrogen-bond acceptors (Lipinski definition) is 7. The van der Waals surface area contributed by atoms with Crippen LogP contribution >= 0.6 is 11.8 Å². The molecule has 0 saturated carbocycles. The molecule has 1 aliphatic heterocycles. The highest BCUT2D eigenvalue weighted by Gasteiger charge is 2.19. The lowest BCUT2D eigenvalue weighted by Crippen LogP contribution is -2.38. The Morgan fingerprint density at radius 2 is 2.08 bits per heavy atom. The van der Waals surface area contributed by atoms with Crippen molar-refractivity contribution in [3.05, 3.63) is 6.07 Å². The summed E-state index contributed by atoms with van der Waals surface area (Å²) in [5, 5.41) is 0.757. The largest absolute Gasteiger partial charge is 0.383 e. The average molecular weight is 367 g/mol. The molecule has 0 atom stereocenters. The first-order valence-electron chi connectivity index (χ1n) is 8.94. The summed E-state index contributed by atoms with van der Waals surface area (Å²) in [5.41, 5.74) is 5.98. The fraction of sp³-hybridized carbons (Fsp3) is 0.706. The van der Waals surface area contributed by atoms with Crippen molar-refractivity contribution in [1.82, 2.24) is 19.8 Å². The molecule has 1 aromatic heterocycles. The van der Waals surface area contributed by atoms with Gasteiger partial charge in [-0.05, 0) is 12.8 Å². The van der Waals surface area contributed by atoms with Crippen molar-refractivity contribution in [3.8, 4) is 0 Å². The second-order valence-electron chi connectivity index (χ2n) is 6.54. The van der Waals surface area contributed by atoms with Gasteiger partial charge in [-0.1, -0.05) is 25.1 Å². The van der Waals surface area contributed by atoms with E-state index in [4.69, 9.17) is 5.73 Å². The molecule has 1 saturated heterocycles. The van der Waals surface area contributed by atoms with Gasteiger partial charge in [-0.3, -0.25) is 9.69 Å². The molecule has 1 amide bonds. The van der Waals surface area contributed by atoms with Gasteiger partial charge in [0.05, 0.1) is 6.54 Å². The van der Waals surface area contributed by atoms with Gasteiger partial charge in [0.15, 0.2) is 5.16 Å². The molecule has 140 valence electrons. The van der Waals surface area contributed by atoms with Crippen LogP contribution in [0, 0.1) is 0 Å². The fourth-order valence-electron chi connectivity index (χ4n) is 2.66. The predicted octanol–water partition coefficient (Wildman–Crippen LogP) is 1.55. The molecule has 25 heavy (non-hydrogen) atoms. The summed E-state index contributed by atoms with van der Waals surface area (Å²) in [6, 6.07) is 1.85.